The van der Waals surface area contributed by atoms with Crippen LogP contribution in [0.25, 0.3) is 11.3 Å². The molecule has 0 fully saturated rings. The van der Waals surface area contributed by atoms with Gasteiger partial charge in [-0.3, -0.25) is 4.90 Å². The molecule has 0 amide bonds. The molecule has 0 radical (unpaired) electrons. The third-order valence-corrected chi connectivity index (χ3v) is 5.65. The Labute approximate surface area is 215 Å². The van der Waals surface area contributed by atoms with Crippen molar-refractivity contribution in [2.24, 2.45) is 18.9 Å². The molecule has 3 rings (SSSR count). The topological polar surface area (TPSA) is 69.0 Å². The Kier molecular flexibility index (Phi) is 10.3. The normalized spacial score (nSPS) is 12.5. The molecular weight excluding hydrogens is 454 g/mol. The number of aromatic nitrogens is 2. The lowest BCUT2D eigenvalue weighted by Crippen LogP contribution is -2.37. The van der Waals surface area contributed by atoms with Crippen LogP contribution in [0.1, 0.15) is 33.3 Å². The highest BCUT2D eigenvalue weighted by Crippen LogP contribution is 2.37. The first-order chi connectivity index (χ1) is 17.3. The number of hydrogen-bond donors (Lipinski definition) is 1. The Morgan fingerprint density at radius 1 is 0.889 bits per heavy atom. The lowest BCUT2D eigenvalue weighted by molar-refractivity contribution is 0.00516. The Balaban J connectivity index is 1.95. The first-order valence-electron chi connectivity index (χ1n) is 12.7. The van der Waals surface area contributed by atoms with E-state index in [0.29, 0.717) is 55.5 Å². The van der Waals surface area contributed by atoms with Crippen molar-refractivity contribution in [2.45, 2.75) is 40.3 Å². The van der Waals surface area contributed by atoms with Gasteiger partial charge >= 0.3 is 0 Å². The highest BCUT2D eigenvalue weighted by Gasteiger charge is 2.24. The average Bonchev–Trinajstić information content (AvgIpc) is 3.14. The molecule has 0 aliphatic heterocycles. The van der Waals surface area contributed by atoms with E-state index in [9.17, 15) is 5.11 Å². The van der Waals surface area contributed by atoms with Crippen LogP contribution in [0.3, 0.4) is 0 Å². The zero-order valence-corrected chi connectivity index (χ0v) is 22.5. The summed E-state index contributed by atoms with van der Waals surface area (Å²) in [7, 11) is 3.52. The number of rotatable bonds is 14. The van der Waals surface area contributed by atoms with Gasteiger partial charge in [0.05, 0.1) is 25.4 Å². The predicted octanol–water partition coefficient (Wildman–Crippen LogP) is 5.38. The Hall–Kier alpha value is -2.87. The third kappa shape index (κ3) is 7.82. The second-order valence-corrected chi connectivity index (χ2v) is 10.0. The lowest BCUT2D eigenvalue weighted by Gasteiger charge is -2.27. The zero-order chi connectivity index (χ0) is 26.1. The summed E-state index contributed by atoms with van der Waals surface area (Å²) in [6.07, 6.45) is -0.585. The van der Waals surface area contributed by atoms with Gasteiger partial charge < -0.3 is 19.3 Å². The van der Waals surface area contributed by atoms with Gasteiger partial charge in [-0.25, -0.2) is 4.68 Å². The van der Waals surface area contributed by atoms with Crippen LogP contribution in [0.4, 0.5) is 0 Å². The Morgan fingerprint density at radius 3 is 2.19 bits per heavy atom. The molecule has 1 aromatic heterocycles. The van der Waals surface area contributed by atoms with E-state index in [2.05, 4.69) is 44.7 Å². The van der Waals surface area contributed by atoms with Crippen LogP contribution >= 0.6 is 0 Å². The molecule has 0 saturated carbocycles. The van der Waals surface area contributed by atoms with Gasteiger partial charge in [0.15, 0.2) is 11.5 Å². The van der Waals surface area contributed by atoms with Crippen molar-refractivity contribution in [3.05, 3.63) is 60.2 Å². The van der Waals surface area contributed by atoms with Gasteiger partial charge in [0.1, 0.15) is 5.69 Å². The summed E-state index contributed by atoms with van der Waals surface area (Å²) in [5.74, 6) is 2.79. The van der Waals surface area contributed by atoms with Crippen LogP contribution in [0, 0.1) is 11.8 Å². The Morgan fingerprint density at radius 2 is 1.56 bits per heavy atom. The van der Waals surface area contributed by atoms with E-state index in [4.69, 9.17) is 19.3 Å². The summed E-state index contributed by atoms with van der Waals surface area (Å²) in [5.41, 5.74) is 2.84. The molecule has 0 spiro atoms. The van der Waals surface area contributed by atoms with Crippen molar-refractivity contribution in [3.63, 3.8) is 0 Å². The molecule has 196 valence electrons. The van der Waals surface area contributed by atoms with Crippen molar-refractivity contribution >= 4 is 0 Å². The molecule has 0 bridgehead atoms. The maximum absolute atomic E-state index is 10.8. The molecular formula is C29H41N3O4. The van der Waals surface area contributed by atoms with Crippen LogP contribution in [-0.4, -0.2) is 59.3 Å². The van der Waals surface area contributed by atoms with Gasteiger partial charge in [0.25, 0.3) is 0 Å². The number of para-hydroxylation sites is 2. The summed E-state index contributed by atoms with van der Waals surface area (Å²) in [5, 5.41) is 15.6. The minimum absolute atomic E-state index is 0.315. The van der Waals surface area contributed by atoms with E-state index >= 15 is 0 Å². The van der Waals surface area contributed by atoms with Gasteiger partial charge in [0.2, 0.25) is 5.88 Å². The summed E-state index contributed by atoms with van der Waals surface area (Å²) in [6.45, 7) is 11.4. The first kappa shape index (κ1) is 27.7. The average molecular weight is 496 g/mol. The second kappa shape index (κ2) is 13.4. The molecule has 7 heteroatoms. The fourth-order valence-electron chi connectivity index (χ4n) is 4.19. The summed E-state index contributed by atoms with van der Waals surface area (Å²) < 4.78 is 19.4. The van der Waals surface area contributed by atoms with Crippen LogP contribution in [0.15, 0.2) is 54.6 Å². The van der Waals surface area contributed by atoms with Crippen molar-refractivity contribution in [2.75, 3.05) is 33.4 Å². The standard InChI is InChI=1S/C29H41N3O4/c1-21(2)16-32(17-24(33)20-35-19-22(3)4)18-25-28(23-12-8-7-9-13-23)30-31(5)29(25)36-27-15-11-10-14-26(27)34-6/h7-15,21-22,24,33H,16-20H2,1-6H3. The highest BCUT2D eigenvalue weighted by atomic mass is 16.5. The molecule has 7 nitrogen and oxygen atoms in total. The van der Waals surface area contributed by atoms with Crippen LogP contribution in [-0.2, 0) is 18.3 Å². The van der Waals surface area contributed by atoms with E-state index in [1.165, 1.54) is 0 Å². The van der Waals surface area contributed by atoms with Gasteiger partial charge in [-0.2, -0.15) is 5.10 Å². The Bertz CT molecular complexity index is 1070. The SMILES string of the molecule is COc1ccccc1Oc1c(CN(CC(C)C)CC(O)COCC(C)C)c(-c2ccccc2)nn1C. The van der Waals surface area contributed by atoms with Crippen molar-refractivity contribution in [1.29, 1.82) is 0 Å². The van der Waals surface area contributed by atoms with Crippen molar-refractivity contribution in [3.8, 4) is 28.6 Å². The lowest BCUT2D eigenvalue weighted by atomic mass is 10.1. The third-order valence-electron chi connectivity index (χ3n) is 5.65. The number of nitrogens with zero attached hydrogens (tertiary/aromatic N) is 3. The quantitative estimate of drug-likeness (QED) is 0.324. The maximum Gasteiger partial charge on any atom is 0.222 e. The van der Waals surface area contributed by atoms with E-state index in [-0.39, 0.29) is 0 Å². The number of hydrogen-bond acceptors (Lipinski definition) is 6. The van der Waals surface area contributed by atoms with E-state index < -0.39 is 6.10 Å². The molecule has 1 N–H and O–H groups in total. The van der Waals surface area contributed by atoms with Gasteiger partial charge in [-0.15, -0.1) is 0 Å². The number of aryl methyl sites for hydroxylation is 1. The molecule has 1 heterocycles. The monoisotopic (exact) mass is 495 g/mol. The fraction of sp³-hybridized carbons (Fsp3) is 0.483. The number of methoxy groups -OCH3 is 1. The summed E-state index contributed by atoms with van der Waals surface area (Å²) >= 11 is 0. The molecule has 0 aliphatic rings. The number of benzene rings is 2. The minimum atomic E-state index is -0.585. The van der Waals surface area contributed by atoms with Crippen molar-refractivity contribution < 1.29 is 19.3 Å². The first-order valence-corrected chi connectivity index (χ1v) is 12.7. The summed E-state index contributed by atoms with van der Waals surface area (Å²) in [6, 6.07) is 17.7. The highest BCUT2D eigenvalue weighted by molar-refractivity contribution is 5.66. The molecule has 2 aromatic carbocycles. The fourth-order valence-corrected chi connectivity index (χ4v) is 4.19. The maximum atomic E-state index is 10.8. The van der Waals surface area contributed by atoms with E-state index in [1.54, 1.807) is 11.8 Å². The minimum Gasteiger partial charge on any atom is -0.493 e. The summed E-state index contributed by atoms with van der Waals surface area (Å²) in [4.78, 5) is 2.26. The predicted molar refractivity (Wildman–Crippen MR) is 143 cm³/mol. The van der Waals surface area contributed by atoms with Gasteiger partial charge in [-0.05, 0) is 24.0 Å². The molecule has 36 heavy (non-hydrogen) atoms. The van der Waals surface area contributed by atoms with E-state index in [1.807, 2.05) is 49.5 Å². The molecule has 0 aliphatic carbocycles. The number of aliphatic hydroxyl groups excluding tert-OH is 1. The van der Waals surface area contributed by atoms with Crippen LogP contribution < -0.4 is 9.47 Å². The van der Waals surface area contributed by atoms with Gasteiger partial charge in [-0.1, -0.05) is 70.2 Å². The van der Waals surface area contributed by atoms with E-state index in [0.717, 1.165) is 23.4 Å². The molecule has 0 saturated heterocycles. The number of ether oxygens (including phenoxy) is 3. The van der Waals surface area contributed by atoms with Crippen LogP contribution in [0.2, 0.25) is 0 Å². The molecule has 1 atom stereocenters. The second-order valence-electron chi connectivity index (χ2n) is 10.0. The largest absolute Gasteiger partial charge is 0.493 e. The van der Waals surface area contributed by atoms with Gasteiger partial charge in [0, 0.05) is 38.9 Å². The van der Waals surface area contributed by atoms with Crippen molar-refractivity contribution in [1.82, 2.24) is 14.7 Å². The van der Waals surface area contributed by atoms with Crippen LogP contribution in [0.5, 0.6) is 17.4 Å². The molecule has 1 unspecified atom stereocenters. The number of aliphatic hydroxyl groups is 1. The molecule has 3 aromatic rings. The zero-order valence-electron chi connectivity index (χ0n) is 22.5. The smallest absolute Gasteiger partial charge is 0.222 e.